The largest absolute Gasteiger partial charge is 0.366 e. The van der Waals surface area contributed by atoms with Gasteiger partial charge in [-0.1, -0.05) is 19.1 Å². The van der Waals surface area contributed by atoms with Crippen molar-refractivity contribution in [3.05, 3.63) is 35.4 Å². The van der Waals surface area contributed by atoms with Crippen LogP contribution in [0.1, 0.15) is 29.3 Å². The summed E-state index contributed by atoms with van der Waals surface area (Å²) in [6, 6.07) is 6.99. The maximum atomic E-state index is 11.3. The Balaban J connectivity index is 2.31. The van der Waals surface area contributed by atoms with Gasteiger partial charge in [0.05, 0.1) is 6.54 Å². The summed E-state index contributed by atoms with van der Waals surface area (Å²) in [7, 11) is 0. The van der Waals surface area contributed by atoms with Crippen LogP contribution in [0.2, 0.25) is 0 Å². The topological polar surface area (TPSA) is 84.2 Å². The number of rotatable bonds is 7. The van der Waals surface area contributed by atoms with Gasteiger partial charge in [0.2, 0.25) is 11.8 Å². The minimum Gasteiger partial charge on any atom is -0.366 e. The molecule has 5 nitrogen and oxygen atoms in total. The zero-order valence-electron chi connectivity index (χ0n) is 10.5. The summed E-state index contributed by atoms with van der Waals surface area (Å²) >= 11 is 0. The molecule has 0 aliphatic rings. The first kappa shape index (κ1) is 14.2. The predicted molar refractivity (Wildman–Crippen MR) is 70.0 cm³/mol. The van der Waals surface area contributed by atoms with Gasteiger partial charge < -0.3 is 16.4 Å². The van der Waals surface area contributed by atoms with Crippen LogP contribution >= 0.6 is 0 Å². The number of primary amides is 1. The Kier molecular flexibility index (Phi) is 5.87. The monoisotopic (exact) mass is 249 g/mol. The van der Waals surface area contributed by atoms with Crippen molar-refractivity contribution in [2.45, 2.75) is 19.9 Å². The van der Waals surface area contributed by atoms with Crippen LogP contribution in [0.5, 0.6) is 0 Å². The Morgan fingerprint density at radius 1 is 1.22 bits per heavy atom. The van der Waals surface area contributed by atoms with Crippen molar-refractivity contribution in [1.29, 1.82) is 0 Å². The molecule has 0 unspecified atom stereocenters. The molecule has 0 spiro atoms. The van der Waals surface area contributed by atoms with Crippen LogP contribution in [-0.4, -0.2) is 24.9 Å². The van der Waals surface area contributed by atoms with Gasteiger partial charge in [-0.05, 0) is 24.1 Å². The van der Waals surface area contributed by atoms with Gasteiger partial charge in [0.15, 0.2) is 0 Å². The first-order valence-corrected chi connectivity index (χ1v) is 5.99. The Bertz CT molecular complexity index is 401. The Morgan fingerprint density at radius 2 is 1.89 bits per heavy atom. The normalized spacial score (nSPS) is 10.1. The van der Waals surface area contributed by atoms with Crippen molar-refractivity contribution in [2.24, 2.45) is 5.73 Å². The molecule has 0 atom stereocenters. The second-order valence-corrected chi connectivity index (χ2v) is 4.01. The molecule has 0 aromatic heterocycles. The number of benzene rings is 1. The van der Waals surface area contributed by atoms with E-state index in [4.69, 9.17) is 5.73 Å². The lowest BCUT2D eigenvalue weighted by Gasteiger charge is -2.06. The average Bonchev–Trinajstić information content (AvgIpc) is 2.37. The van der Waals surface area contributed by atoms with E-state index < -0.39 is 5.91 Å². The van der Waals surface area contributed by atoms with E-state index in [9.17, 15) is 9.59 Å². The van der Waals surface area contributed by atoms with E-state index >= 15 is 0 Å². The predicted octanol–water partition coefficient (Wildman–Crippen LogP) is 0.401. The third kappa shape index (κ3) is 4.97. The van der Waals surface area contributed by atoms with Gasteiger partial charge in [-0.2, -0.15) is 0 Å². The van der Waals surface area contributed by atoms with E-state index in [2.05, 4.69) is 10.6 Å². The lowest BCUT2D eigenvalue weighted by Crippen LogP contribution is -2.33. The minimum absolute atomic E-state index is 0.00870. The zero-order valence-corrected chi connectivity index (χ0v) is 10.5. The fourth-order valence-corrected chi connectivity index (χ4v) is 1.43. The summed E-state index contributed by atoms with van der Waals surface area (Å²) < 4.78 is 0. The van der Waals surface area contributed by atoms with Crippen LogP contribution in [0, 0.1) is 0 Å². The Morgan fingerprint density at radius 3 is 2.44 bits per heavy atom. The maximum Gasteiger partial charge on any atom is 0.248 e. The van der Waals surface area contributed by atoms with E-state index in [1.807, 2.05) is 19.1 Å². The van der Waals surface area contributed by atoms with Crippen molar-refractivity contribution in [1.82, 2.24) is 10.6 Å². The summed E-state index contributed by atoms with van der Waals surface area (Å²) in [6.45, 7) is 3.58. The molecule has 0 aliphatic heterocycles. The molecule has 98 valence electrons. The molecule has 0 bridgehead atoms. The fourth-order valence-electron chi connectivity index (χ4n) is 1.43. The minimum atomic E-state index is -0.437. The highest BCUT2D eigenvalue weighted by atomic mass is 16.2. The first-order chi connectivity index (χ1) is 8.63. The van der Waals surface area contributed by atoms with E-state index in [1.165, 1.54) is 0 Å². The van der Waals surface area contributed by atoms with E-state index in [0.717, 1.165) is 12.0 Å². The second kappa shape index (κ2) is 7.45. The number of nitrogens with two attached hydrogens (primary N) is 1. The lowest BCUT2D eigenvalue weighted by atomic mass is 10.1. The van der Waals surface area contributed by atoms with Crippen LogP contribution in [-0.2, 0) is 11.3 Å². The van der Waals surface area contributed by atoms with Crippen LogP contribution in [0.25, 0.3) is 0 Å². The number of hydrogen-bond donors (Lipinski definition) is 3. The molecular weight excluding hydrogens is 230 g/mol. The van der Waals surface area contributed by atoms with Crippen molar-refractivity contribution < 1.29 is 9.59 Å². The van der Waals surface area contributed by atoms with Crippen molar-refractivity contribution in [3.63, 3.8) is 0 Å². The highest BCUT2D eigenvalue weighted by Gasteiger charge is 2.01. The molecule has 0 aliphatic carbocycles. The van der Waals surface area contributed by atoms with Gasteiger partial charge >= 0.3 is 0 Å². The van der Waals surface area contributed by atoms with Crippen LogP contribution in [0.3, 0.4) is 0 Å². The molecule has 1 aromatic carbocycles. The second-order valence-electron chi connectivity index (χ2n) is 4.01. The number of carbonyl (C=O) groups excluding carboxylic acids is 2. The first-order valence-electron chi connectivity index (χ1n) is 5.99. The summed E-state index contributed by atoms with van der Waals surface area (Å²) in [6.07, 6.45) is 0.931. The smallest absolute Gasteiger partial charge is 0.248 e. The SMILES string of the molecule is CCCNC(=O)CNCc1ccc(C(N)=O)cc1. The molecule has 18 heavy (non-hydrogen) atoms. The van der Waals surface area contributed by atoms with E-state index in [-0.39, 0.29) is 12.5 Å². The number of carbonyl (C=O) groups is 2. The fraction of sp³-hybridized carbons (Fsp3) is 0.385. The standard InChI is InChI=1S/C13H19N3O2/c1-2-7-16-12(17)9-15-8-10-3-5-11(6-4-10)13(14)18/h3-6,15H,2,7-9H2,1H3,(H2,14,18)(H,16,17). The Labute approximate surface area is 107 Å². The summed E-state index contributed by atoms with van der Waals surface area (Å²) in [5.74, 6) is -0.445. The summed E-state index contributed by atoms with van der Waals surface area (Å²) in [5, 5.41) is 5.81. The highest BCUT2D eigenvalue weighted by molar-refractivity contribution is 5.92. The molecule has 0 fully saturated rings. The molecule has 5 heteroatoms. The van der Waals surface area contributed by atoms with Gasteiger partial charge in [-0.3, -0.25) is 9.59 Å². The molecule has 4 N–H and O–H groups in total. The zero-order chi connectivity index (χ0) is 13.4. The van der Waals surface area contributed by atoms with Crippen molar-refractivity contribution in [3.8, 4) is 0 Å². The molecule has 1 aromatic rings. The third-order valence-electron chi connectivity index (χ3n) is 2.43. The van der Waals surface area contributed by atoms with Gasteiger partial charge in [-0.15, -0.1) is 0 Å². The third-order valence-corrected chi connectivity index (χ3v) is 2.43. The molecule has 0 saturated heterocycles. The average molecular weight is 249 g/mol. The lowest BCUT2D eigenvalue weighted by molar-refractivity contribution is -0.120. The molecule has 2 amide bonds. The summed E-state index contributed by atoms with van der Waals surface area (Å²) in [5.41, 5.74) is 6.63. The maximum absolute atomic E-state index is 11.3. The van der Waals surface area contributed by atoms with Gasteiger partial charge in [0.1, 0.15) is 0 Å². The van der Waals surface area contributed by atoms with Crippen molar-refractivity contribution in [2.75, 3.05) is 13.1 Å². The number of nitrogens with one attached hydrogen (secondary N) is 2. The van der Waals surface area contributed by atoms with Crippen LogP contribution in [0.15, 0.2) is 24.3 Å². The molecule has 1 rings (SSSR count). The van der Waals surface area contributed by atoms with Gasteiger partial charge in [0.25, 0.3) is 0 Å². The molecular formula is C13H19N3O2. The van der Waals surface area contributed by atoms with Crippen LogP contribution < -0.4 is 16.4 Å². The van der Waals surface area contributed by atoms with Gasteiger partial charge in [-0.25, -0.2) is 0 Å². The van der Waals surface area contributed by atoms with Crippen LogP contribution in [0.4, 0.5) is 0 Å². The van der Waals surface area contributed by atoms with E-state index in [1.54, 1.807) is 12.1 Å². The molecule has 0 radical (unpaired) electrons. The number of amides is 2. The molecule has 0 saturated carbocycles. The number of hydrogen-bond acceptors (Lipinski definition) is 3. The van der Waals surface area contributed by atoms with E-state index in [0.29, 0.717) is 18.7 Å². The summed E-state index contributed by atoms with van der Waals surface area (Å²) in [4.78, 5) is 22.2. The molecule has 0 heterocycles. The van der Waals surface area contributed by atoms with Crippen molar-refractivity contribution >= 4 is 11.8 Å². The Hall–Kier alpha value is -1.88. The highest BCUT2D eigenvalue weighted by Crippen LogP contribution is 2.03. The quantitative estimate of drug-likeness (QED) is 0.654. The van der Waals surface area contributed by atoms with Gasteiger partial charge in [0, 0.05) is 18.7 Å².